The van der Waals surface area contributed by atoms with Crippen LogP contribution in [0.15, 0.2) is 36.7 Å². The van der Waals surface area contributed by atoms with Gasteiger partial charge < -0.3 is 20.4 Å². The van der Waals surface area contributed by atoms with Gasteiger partial charge in [-0.2, -0.15) is 13.2 Å². The Balaban J connectivity index is 1.29. The lowest BCUT2D eigenvalue weighted by Crippen LogP contribution is -2.48. The number of carbonyl (C=O) groups is 2. The summed E-state index contributed by atoms with van der Waals surface area (Å²) < 4.78 is 43.5. The molecule has 0 bridgehead atoms. The number of ketones is 1. The Morgan fingerprint density at radius 3 is 2.44 bits per heavy atom. The van der Waals surface area contributed by atoms with Crippen molar-refractivity contribution in [1.29, 1.82) is 0 Å². The first-order valence-corrected chi connectivity index (χ1v) is 15.3. The Labute approximate surface area is 260 Å². The molecule has 2 saturated heterocycles. The predicted octanol–water partition coefficient (Wildman–Crippen LogP) is 3.49. The molecule has 5 rings (SSSR count). The molecule has 11 nitrogen and oxygen atoms in total. The topological polar surface area (TPSA) is 116 Å². The molecule has 45 heavy (non-hydrogen) atoms. The molecule has 2 N–H and O–H groups in total. The number of aromatic nitrogens is 4. The Bertz CT molecular complexity index is 1540. The highest BCUT2D eigenvalue weighted by molar-refractivity contribution is 5.92. The summed E-state index contributed by atoms with van der Waals surface area (Å²) in [4.78, 5) is 41.5. The van der Waals surface area contributed by atoms with Crippen LogP contribution in [0.3, 0.4) is 0 Å². The molecule has 2 aliphatic rings. The summed E-state index contributed by atoms with van der Waals surface area (Å²) in [6, 6.07) is 2.81. The number of likely N-dealkylation sites (N-methyl/N-ethyl adjacent to an activating group) is 1. The second kappa shape index (κ2) is 13.9. The number of pyridine rings is 1. The predicted molar refractivity (Wildman–Crippen MR) is 165 cm³/mol. The van der Waals surface area contributed by atoms with Gasteiger partial charge in [-0.1, -0.05) is 6.08 Å². The third kappa shape index (κ3) is 8.17. The molecule has 14 heteroatoms. The number of halogens is 3. The van der Waals surface area contributed by atoms with E-state index in [0.717, 1.165) is 55.7 Å². The van der Waals surface area contributed by atoms with E-state index in [9.17, 15) is 22.8 Å². The normalized spacial score (nSPS) is 16.8. The van der Waals surface area contributed by atoms with Gasteiger partial charge in [-0.3, -0.25) is 14.5 Å². The lowest BCUT2D eigenvalue weighted by atomic mass is 10.1. The second-order valence-electron chi connectivity index (χ2n) is 11.9. The number of amides is 1. The van der Waals surface area contributed by atoms with Crippen LogP contribution in [0.2, 0.25) is 0 Å². The van der Waals surface area contributed by atoms with Gasteiger partial charge in [0, 0.05) is 77.6 Å². The van der Waals surface area contributed by atoms with Crippen LogP contribution < -0.4 is 10.6 Å². The first kappa shape index (κ1) is 32.4. The van der Waals surface area contributed by atoms with Crippen LogP contribution in [-0.2, 0) is 22.3 Å². The SMILES string of the molecule is CN(C)C/C=C/C(=O)CCC(=O)N1CCN(Cc2cc3c(N4CCCCC4)nc(-c4cnc(N)cc4C(F)(F)F)nn3c2)CC1. The number of rotatable bonds is 10. The lowest BCUT2D eigenvalue weighted by molar-refractivity contribution is -0.137. The van der Waals surface area contributed by atoms with Gasteiger partial charge in [0.2, 0.25) is 5.91 Å². The van der Waals surface area contributed by atoms with Crippen LogP contribution in [0, 0.1) is 0 Å². The van der Waals surface area contributed by atoms with Gasteiger partial charge >= 0.3 is 6.18 Å². The van der Waals surface area contributed by atoms with E-state index >= 15 is 0 Å². The summed E-state index contributed by atoms with van der Waals surface area (Å²) in [7, 11) is 3.84. The smallest absolute Gasteiger partial charge is 0.384 e. The van der Waals surface area contributed by atoms with Gasteiger partial charge in [0.1, 0.15) is 11.3 Å². The molecule has 0 aliphatic carbocycles. The largest absolute Gasteiger partial charge is 0.417 e. The number of nitrogen functional groups attached to an aromatic ring is 1. The fourth-order valence-corrected chi connectivity index (χ4v) is 5.74. The zero-order valence-electron chi connectivity index (χ0n) is 25.8. The molecule has 3 aromatic heterocycles. The number of nitrogens with zero attached hydrogens (tertiary/aromatic N) is 8. The van der Waals surface area contributed by atoms with Crippen molar-refractivity contribution in [3.8, 4) is 11.4 Å². The molecule has 0 aromatic carbocycles. The minimum Gasteiger partial charge on any atom is -0.384 e. The maximum atomic E-state index is 14.0. The minimum atomic E-state index is -4.65. The molecule has 0 spiro atoms. The highest BCUT2D eigenvalue weighted by Crippen LogP contribution is 2.37. The molecule has 2 aliphatic heterocycles. The van der Waals surface area contributed by atoms with Crippen molar-refractivity contribution in [3.63, 3.8) is 0 Å². The van der Waals surface area contributed by atoms with Gasteiger partial charge in [-0.25, -0.2) is 14.5 Å². The molecule has 1 amide bonds. The van der Waals surface area contributed by atoms with E-state index in [2.05, 4.69) is 24.9 Å². The number of hydrogen-bond donors (Lipinski definition) is 1. The molecular weight excluding hydrogens is 587 g/mol. The van der Waals surface area contributed by atoms with Crippen molar-refractivity contribution in [2.75, 3.05) is 70.5 Å². The van der Waals surface area contributed by atoms with Crippen molar-refractivity contribution in [2.24, 2.45) is 0 Å². The standard InChI is InChI=1S/C31H40F3N9O2/c1-39(2)10-6-7-23(44)8-9-28(45)41-15-13-40(14-16-41)20-22-17-26-30(42-11-4-3-5-12-42)37-29(38-43(26)21-22)24-19-36-27(35)18-25(24)31(32,33)34/h6-7,17-19,21H,3-5,8-16,20H2,1-2H3,(H2,35,36)/b7-6+. The third-order valence-corrected chi connectivity index (χ3v) is 8.12. The molecule has 0 radical (unpaired) electrons. The van der Waals surface area contributed by atoms with E-state index in [1.165, 1.54) is 0 Å². The number of nitrogens with two attached hydrogens (primary N) is 1. The fourth-order valence-electron chi connectivity index (χ4n) is 5.74. The number of hydrogen-bond acceptors (Lipinski definition) is 9. The minimum absolute atomic E-state index is 0.0250. The Kier molecular flexibility index (Phi) is 10.0. The van der Waals surface area contributed by atoms with Crippen LogP contribution in [0.5, 0.6) is 0 Å². The molecule has 0 unspecified atom stereocenters. The molecule has 2 fully saturated rings. The highest BCUT2D eigenvalue weighted by Gasteiger charge is 2.35. The van der Waals surface area contributed by atoms with Crippen LogP contribution >= 0.6 is 0 Å². The monoisotopic (exact) mass is 627 g/mol. The zero-order chi connectivity index (χ0) is 32.1. The fraction of sp³-hybridized carbons (Fsp3) is 0.516. The number of anilines is 2. The van der Waals surface area contributed by atoms with Crippen LogP contribution in [0.25, 0.3) is 16.9 Å². The number of piperidine rings is 1. The molecular formula is C31H40F3N9O2. The van der Waals surface area contributed by atoms with Crippen LogP contribution in [0.4, 0.5) is 24.8 Å². The van der Waals surface area contributed by atoms with Gasteiger partial charge in [0.15, 0.2) is 17.4 Å². The van der Waals surface area contributed by atoms with Gasteiger partial charge in [0.05, 0.1) is 11.1 Å². The summed E-state index contributed by atoms with van der Waals surface area (Å²) in [6.07, 6.45) is 5.03. The van der Waals surface area contributed by atoms with Crippen molar-refractivity contribution < 1.29 is 22.8 Å². The molecule has 3 aromatic rings. The van der Waals surface area contributed by atoms with Crippen molar-refractivity contribution in [2.45, 2.75) is 44.8 Å². The maximum absolute atomic E-state index is 14.0. The summed E-state index contributed by atoms with van der Waals surface area (Å²) in [6.45, 7) is 5.22. The van der Waals surface area contributed by atoms with E-state index in [0.29, 0.717) is 45.1 Å². The number of piperazine rings is 1. The van der Waals surface area contributed by atoms with Gasteiger partial charge in [-0.15, -0.1) is 5.10 Å². The van der Waals surface area contributed by atoms with Crippen molar-refractivity contribution >= 4 is 28.8 Å². The summed E-state index contributed by atoms with van der Waals surface area (Å²) in [5, 5.41) is 4.51. The first-order valence-electron chi connectivity index (χ1n) is 15.3. The lowest BCUT2D eigenvalue weighted by Gasteiger charge is -2.34. The number of alkyl halides is 3. The molecule has 242 valence electrons. The van der Waals surface area contributed by atoms with Crippen molar-refractivity contribution in [3.05, 3.63) is 47.8 Å². The van der Waals surface area contributed by atoms with E-state index in [1.807, 2.05) is 31.3 Å². The molecule has 0 atom stereocenters. The highest BCUT2D eigenvalue weighted by atomic mass is 19.4. The average Bonchev–Trinajstić information content (AvgIpc) is 3.42. The van der Waals surface area contributed by atoms with Crippen LogP contribution in [-0.4, -0.2) is 106 Å². The van der Waals surface area contributed by atoms with E-state index < -0.39 is 11.7 Å². The number of allylic oxidation sites excluding steroid dienone is 1. The average molecular weight is 628 g/mol. The Hall–Kier alpha value is -4.04. The molecule has 5 heterocycles. The second-order valence-corrected chi connectivity index (χ2v) is 11.9. The van der Waals surface area contributed by atoms with E-state index in [1.54, 1.807) is 21.6 Å². The first-order chi connectivity index (χ1) is 21.5. The van der Waals surface area contributed by atoms with Crippen LogP contribution in [0.1, 0.15) is 43.2 Å². The third-order valence-electron chi connectivity index (χ3n) is 8.12. The summed E-state index contributed by atoms with van der Waals surface area (Å²) in [5.41, 5.74) is 6.12. The van der Waals surface area contributed by atoms with E-state index in [-0.39, 0.29) is 41.7 Å². The summed E-state index contributed by atoms with van der Waals surface area (Å²) >= 11 is 0. The quantitative estimate of drug-likeness (QED) is 0.337. The maximum Gasteiger partial charge on any atom is 0.417 e. The van der Waals surface area contributed by atoms with Crippen molar-refractivity contribution in [1.82, 2.24) is 34.3 Å². The Morgan fingerprint density at radius 2 is 1.76 bits per heavy atom. The van der Waals surface area contributed by atoms with E-state index in [4.69, 9.17) is 5.73 Å². The number of carbonyl (C=O) groups excluding carboxylic acids is 2. The van der Waals surface area contributed by atoms with Gasteiger partial charge in [0.25, 0.3) is 0 Å². The summed E-state index contributed by atoms with van der Waals surface area (Å²) in [5.74, 6) is 0.223. The van der Waals surface area contributed by atoms with Gasteiger partial charge in [-0.05, 0) is 57.1 Å². The zero-order valence-corrected chi connectivity index (χ0v) is 25.8. The Morgan fingerprint density at radius 1 is 1.02 bits per heavy atom. The number of fused-ring (bicyclic) bond motifs is 1. The molecule has 0 saturated carbocycles.